The van der Waals surface area contributed by atoms with Crippen LogP contribution in [0.4, 0.5) is 5.69 Å². The van der Waals surface area contributed by atoms with Crippen molar-refractivity contribution in [1.82, 2.24) is 0 Å². The van der Waals surface area contributed by atoms with E-state index in [4.69, 9.17) is 5.26 Å². The summed E-state index contributed by atoms with van der Waals surface area (Å²) in [6.45, 7) is 0. The highest BCUT2D eigenvalue weighted by atomic mass is 32.2. The van der Waals surface area contributed by atoms with Gasteiger partial charge >= 0.3 is 0 Å². The van der Waals surface area contributed by atoms with E-state index in [0.29, 0.717) is 5.75 Å². The van der Waals surface area contributed by atoms with Gasteiger partial charge in [0.2, 0.25) is 0 Å². The Kier molecular flexibility index (Phi) is 5.09. The SMILES string of the molecule is N#CCSC/C=C/c1ccc([N+](=O)[O-])cc1. The minimum atomic E-state index is -0.420. The predicted molar refractivity (Wildman–Crippen MR) is 65.1 cm³/mol. The summed E-state index contributed by atoms with van der Waals surface area (Å²) in [4.78, 5) is 9.98. The highest BCUT2D eigenvalue weighted by Gasteiger charge is 2.01. The number of nitro groups is 1. The van der Waals surface area contributed by atoms with E-state index in [1.165, 1.54) is 23.9 Å². The van der Waals surface area contributed by atoms with Crippen molar-refractivity contribution in [1.29, 1.82) is 5.26 Å². The first kappa shape index (κ1) is 12.3. The summed E-state index contributed by atoms with van der Waals surface area (Å²) >= 11 is 1.52. The van der Waals surface area contributed by atoms with Gasteiger partial charge in [-0.1, -0.05) is 12.2 Å². The van der Waals surface area contributed by atoms with Crippen LogP contribution >= 0.6 is 11.8 Å². The molecule has 0 aliphatic carbocycles. The van der Waals surface area contributed by atoms with Gasteiger partial charge in [-0.25, -0.2) is 0 Å². The Balaban J connectivity index is 2.49. The van der Waals surface area contributed by atoms with Crippen LogP contribution in [0.1, 0.15) is 5.56 Å². The fourth-order valence-corrected chi connectivity index (χ4v) is 1.51. The molecule has 0 aliphatic heterocycles. The van der Waals surface area contributed by atoms with E-state index in [0.717, 1.165) is 11.3 Å². The quantitative estimate of drug-likeness (QED) is 0.446. The van der Waals surface area contributed by atoms with Gasteiger partial charge in [0.25, 0.3) is 5.69 Å². The van der Waals surface area contributed by atoms with E-state index in [1.54, 1.807) is 12.1 Å². The molecule has 0 atom stereocenters. The van der Waals surface area contributed by atoms with E-state index in [9.17, 15) is 10.1 Å². The molecule has 0 amide bonds. The van der Waals surface area contributed by atoms with Gasteiger partial charge in [-0.2, -0.15) is 5.26 Å². The standard InChI is InChI=1S/C11H10N2O2S/c12-7-9-16-8-1-2-10-3-5-11(6-4-10)13(14)15/h1-6H,8-9H2/b2-1+. The first-order valence-electron chi connectivity index (χ1n) is 4.59. The lowest BCUT2D eigenvalue weighted by Crippen LogP contribution is -1.86. The molecule has 16 heavy (non-hydrogen) atoms. The fourth-order valence-electron chi connectivity index (χ4n) is 1.06. The summed E-state index contributed by atoms with van der Waals surface area (Å²) in [5, 5.41) is 18.7. The van der Waals surface area contributed by atoms with Crippen LogP contribution in [0, 0.1) is 21.4 Å². The van der Waals surface area contributed by atoms with E-state index < -0.39 is 4.92 Å². The summed E-state index contributed by atoms with van der Waals surface area (Å²) in [6, 6.07) is 8.39. The summed E-state index contributed by atoms with van der Waals surface area (Å²) in [7, 11) is 0. The Morgan fingerprint density at radius 2 is 2.12 bits per heavy atom. The molecule has 1 rings (SSSR count). The van der Waals surface area contributed by atoms with Gasteiger partial charge in [-0.3, -0.25) is 10.1 Å². The van der Waals surface area contributed by atoms with Crippen LogP contribution in [0.25, 0.3) is 6.08 Å². The Hall–Kier alpha value is -1.80. The summed E-state index contributed by atoms with van der Waals surface area (Å²) in [5.41, 5.74) is 1.01. The number of thioether (sulfide) groups is 1. The molecule has 1 aromatic carbocycles. The molecule has 0 radical (unpaired) electrons. The lowest BCUT2D eigenvalue weighted by atomic mass is 10.2. The van der Waals surface area contributed by atoms with Crippen LogP contribution in [0.15, 0.2) is 30.3 Å². The van der Waals surface area contributed by atoms with E-state index >= 15 is 0 Å². The van der Waals surface area contributed by atoms with Crippen molar-refractivity contribution < 1.29 is 4.92 Å². The van der Waals surface area contributed by atoms with Crippen LogP contribution in [0.3, 0.4) is 0 Å². The molecule has 0 spiro atoms. The maximum atomic E-state index is 10.4. The van der Waals surface area contributed by atoms with Gasteiger partial charge in [-0.15, -0.1) is 11.8 Å². The third kappa shape index (κ3) is 4.15. The van der Waals surface area contributed by atoms with Crippen molar-refractivity contribution in [2.75, 3.05) is 11.5 Å². The van der Waals surface area contributed by atoms with Crippen LogP contribution in [-0.4, -0.2) is 16.4 Å². The lowest BCUT2D eigenvalue weighted by molar-refractivity contribution is -0.384. The number of hydrogen-bond donors (Lipinski definition) is 0. The van der Waals surface area contributed by atoms with E-state index in [2.05, 4.69) is 0 Å². The molecule has 1 aromatic rings. The highest BCUT2D eigenvalue weighted by molar-refractivity contribution is 7.99. The molecule has 4 nitrogen and oxygen atoms in total. The Labute approximate surface area is 97.7 Å². The van der Waals surface area contributed by atoms with Gasteiger partial charge < -0.3 is 0 Å². The van der Waals surface area contributed by atoms with Crippen molar-refractivity contribution in [3.63, 3.8) is 0 Å². The number of rotatable bonds is 5. The molecule has 0 unspecified atom stereocenters. The van der Waals surface area contributed by atoms with E-state index in [1.807, 2.05) is 18.2 Å². The molecular weight excluding hydrogens is 224 g/mol. The van der Waals surface area contributed by atoms with E-state index in [-0.39, 0.29) is 5.69 Å². The van der Waals surface area contributed by atoms with Crippen LogP contribution < -0.4 is 0 Å². The largest absolute Gasteiger partial charge is 0.269 e. The van der Waals surface area contributed by atoms with Crippen LogP contribution in [-0.2, 0) is 0 Å². The highest BCUT2D eigenvalue weighted by Crippen LogP contribution is 2.13. The Morgan fingerprint density at radius 1 is 1.44 bits per heavy atom. The average molecular weight is 234 g/mol. The molecule has 0 heterocycles. The Bertz CT molecular complexity index is 421. The first-order chi connectivity index (χ1) is 7.74. The molecule has 82 valence electrons. The first-order valence-corrected chi connectivity index (χ1v) is 5.75. The molecular formula is C11H10N2O2S. The van der Waals surface area contributed by atoms with Crippen molar-refractivity contribution >= 4 is 23.5 Å². The normalized spacial score (nSPS) is 10.2. The third-order valence-corrected chi connectivity index (χ3v) is 2.56. The summed E-state index contributed by atoms with van der Waals surface area (Å²) < 4.78 is 0. The third-order valence-electron chi connectivity index (χ3n) is 1.79. The number of nitrogens with zero attached hydrogens (tertiary/aromatic N) is 2. The van der Waals surface area contributed by atoms with Gasteiger partial charge in [0.05, 0.1) is 16.7 Å². The second kappa shape index (κ2) is 6.64. The van der Waals surface area contributed by atoms with Gasteiger partial charge in [0.15, 0.2) is 0 Å². The number of benzene rings is 1. The molecule has 0 bridgehead atoms. The zero-order valence-corrected chi connectivity index (χ0v) is 9.31. The molecule has 0 aromatic heterocycles. The second-order valence-electron chi connectivity index (χ2n) is 2.92. The lowest BCUT2D eigenvalue weighted by Gasteiger charge is -1.93. The van der Waals surface area contributed by atoms with Gasteiger partial charge in [0.1, 0.15) is 0 Å². The van der Waals surface area contributed by atoms with Crippen molar-refractivity contribution in [3.05, 3.63) is 46.0 Å². The molecule has 5 heteroatoms. The predicted octanol–water partition coefficient (Wildman–Crippen LogP) is 2.86. The Morgan fingerprint density at radius 3 is 2.69 bits per heavy atom. The number of non-ortho nitro benzene ring substituents is 1. The molecule has 0 aliphatic rings. The van der Waals surface area contributed by atoms with Crippen molar-refractivity contribution in [3.8, 4) is 6.07 Å². The second-order valence-corrected chi connectivity index (χ2v) is 3.95. The maximum absolute atomic E-state index is 10.4. The fraction of sp³-hybridized carbons (Fsp3) is 0.182. The van der Waals surface area contributed by atoms with Crippen LogP contribution in [0.5, 0.6) is 0 Å². The topological polar surface area (TPSA) is 66.9 Å². The zero-order chi connectivity index (χ0) is 11.8. The van der Waals surface area contributed by atoms with Crippen molar-refractivity contribution in [2.24, 2.45) is 0 Å². The minimum Gasteiger partial charge on any atom is -0.258 e. The number of nitro benzene ring substituents is 1. The monoisotopic (exact) mass is 234 g/mol. The molecule has 0 fully saturated rings. The van der Waals surface area contributed by atoms with Crippen LogP contribution in [0.2, 0.25) is 0 Å². The smallest absolute Gasteiger partial charge is 0.258 e. The maximum Gasteiger partial charge on any atom is 0.269 e. The van der Waals surface area contributed by atoms with Gasteiger partial charge in [-0.05, 0) is 17.7 Å². The summed E-state index contributed by atoms with van der Waals surface area (Å²) in [5.74, 6) is 1.25. The minimum absolute atomic E-state index is 0.0935. The number of hydrogen-bond acceptors (Lipinski definition) is 4. The average Bonchev–Trinajstić information content (AvgIpc) is 2.29. The van der Waals surface area contributed by atoms with Crippen molar-refractivity contribution in [2.45, 2.75) is 0 Å². The molecule has 0 N–H and O–H groups in total. The zero-order valence-electron chi connectivity index (χ0n) is 8.50. The number of nitriles is 1. The summed E-state index contributed by atoms with van der Waals surface area (Å²) in [6.07, 6.45) is 3.82. The molecule has 0 saturated carbocycles. The molecule has 0 saturated heterocycles. The van der Waals surface area contributed by atoms with Gasteiger partial charge in [0, 0.05) is 17.9 Å².